The lowest BCUT2D eigenvalue weighted by Gasteiger charge is -2.24. The van der Waals surface area contributed by atoms with Crippen molar-refractivity contribution in [1.29, 1.82) is 0 Å². The molecule has 4 heterocycles. The van der Waals surface area contributed by atoms with Crippen molar-refractivity contribution in [3.8, 4) is 11.1 Å². The number of nitrogens with zero attached hydrogens (tertiary/aromatic N) is 2. The van der Waals surface area contributed by atoms with Crippen LogP contribution >= 0.6 is 31.9 Å². The number of rotatable bonds is 4. The van der Waals surface area contributed by atoms with E-state index in [4.69, 9.17) is 5.73 Å². The lowest BCUT2D eigenvalue weighted by atomic mass is 9.83. The second kappa shape index (κ2) is 14.7. The first-order valence-electron chi connectivity index (χ1n) is 23.9. The van der Waals surface area contributed by atoms with Gasteiger partial charge in [-0.3, -0.25) is 0 Å². The van der Waals surface area contributed by atoms with Gasteiger partial charge in [0.15, 0.2) is 0 Å². The van der Waals surface area contributed by atoms with Gasteiger partial charge in [0.05, 0.1) is 33.3 Å². The highest BCUT2D eigenvalue weighted by Crippen LogP contribution is 2.49. The van der Waals surface area contributed by atoms with Gasteiger partial charge in [-0.2, -0.15) is 0 Å². The molecule has 0 saturated heterocycles. The Kier molecular flexibility index (Phi) is 10.0. The molecule has 0 aliphatic rings. The second-order valence-corrected chi connectivity index (χ2v) is 26.3. The van der Waals surface area contributed by atoms with Gasteiger partial charge in [0.2, 0.25) is 0 Å². The number of aromatic nitrogens is 2. The molecule has 0 saturated carbocycles. The van der Waals surface area contributed by atoms with Gasteiger partial charge in [0, 0.05) is 74.6 Å². The summed E-state index contributed by atoms with van der Waals surface area (Å²) in [7, 11) is 0. The number of hydrogen-bond donors (Lipinski definition) is 1. The molecule has 0 aliphatic carbocycles. The summed E-state index contributed by atoms with van der Waals surface area (Å²) in [6, 6.07) is 33.1. The topological polar surface area (TPSA) is 34.8 Å². The van der Waals surface area contributed by atoms with Crippen LogP contribution in [0.3, 0.4) is 0 Å². The van der Waals surface area contributed by atoms with Crippen LogP contribution in [0.1, 0.15) is 148 Å². The maximum atomic E-state index is 7.56. The molecule has 67 heavy (non-hydrogen) atoms. The van der Waals surface area contributed by atoms with Crippen molar-refractivity contribution in [3.05, 3.63) is 141 Å². The van der Waals surface area contributed by atoms with E-state index >= 15 is 0 Å². The van der Waals surface area contributed by atoms with E-state index in [0.717, 1.165) is 42.6 Å². The first-order valence-corrected chi connectivity index (χ1v) is 25.5. The standard InChI is InChI=1S/C62H65Br2N3/c1-17-38-44-25-36(61(11,12)13)26-45-40-22-34(59(5,6)7)19-21-52(40)67(56(44)45)54(38)32-50(64)48-29-35(60(8,9)10)24-43(55(48)65)39-31-53-42(30-49(39)63)47-28-37(62(14,15)16)27-46-41-23-33(58(2,3)4)18-20-51(41)66(53)57(46)47/h17-32H,1,65H2,2-16H3/b50-32-. The van der Waals surface area contributed by atoms with Gasteiger partial charge in [0.1, 0.15) is 0 Å². The largest absolute Gasteiger partial charge is 0.398 e. The Morgan fingerprint density at radius 1 is 0.478 bits per heavy atom. The Bertz CT molecular complexity index is 3740. The van der Waals surface area contributed by atoms with E-state index in [1.165, 1.54) is 93.1 Å². The third-order valence-electron chi connectivity index (χ3n) is 14.7. The second-order valence-electron chi connectivity index (χ2n) is 24.6. The third-order valence-corrected chi connectivity index (χ3v) is 16.0. The molecule has 342 valence electrons. The maximum absolute atomic E-state index is 7.56. The average molecular weight is 1010 g/mol. The number of hydrogen-bond acceptors (Lipinski definition) is 1. The van der Waals surface area contributed by atoms with Crippen LogP contribution in [0.2, 0.25) is 0 Å². The minimum Gasteiger partial charge on any atom is -0.398 e. The van der Waals surface area contributed by atoms with E-state index in [-0.39, 0.29) is 27.1 Å². The molecular weight excluding hydrogens is 947 g/mol. The first kappa shape index (κ1) is 45.7. The van der Waals surface area contributed by atoms with E-state index in [1.807, 2.05) is 6.08 Å². The highest BCUT2D eigenvalue weighted by molar-refractivity contribution is 9.15. The number of anilines is 1. The minimum atomic E-state index is -0.160. The number of nitrogen functional groups attached to an aromatic ring is 1. The summed E-state index contributed by atoms with van der Waals surface area (Å²) in [6.07, 6.45) is 4.31. The van der Waals surface area contributed by atoms with E-state index in [0.29, 0.717) is 0 Å². The molecule has 5 heteroatoms. The lowest BCUT2D eigenvalue weighted by Crippen LogP contribution is -2.12. The molecule has 4 aromatic heterocycles. The molecular formula is C62H65Br2N3. The summed E-state index contributed by atoms with van der Waals surface area (Å²) >= 11 is 8.34. The molecule has 0 fully saturated rings. The van der Waals surface area contributed by atoms with Crippen LogP contribution < -0.4 is 5.73 Å². The van der Waals surface area contributed by atoms with E-state index in [1.54, 1.807) is 0 Å². The molecule has 3 nitrogen and oxygen atoms in total. The Morgan fingerprint density at radius 2 is 0.896 bits per heavy atom. The molecule has 0 spiro atoms. The summed E-state index contributed by atoms with van der Waals surface area (Å²) in [5.74, 6) is 0. The Morgan fingerprint density at radius 3 is 1.37 bits per heavy atom. The van der Waals surface area contributed by atoms with Crippen molar-refractivity contribution in [2.24, 2.45) is 0 Å². The molecule has 0 unspecified atom stereocenters. The quantitative estimate of drug-likeness (QED) is 0.175. The zero-order valence-corrected chi connectivity index (χ0v) is 45.3. The first-order chi connectivity index (χ1) is 31.1. The van der Waals surface area contributed by atoms with Crippen LogP contribution in [0.4, 0.5) is 5.69 Å². The summed E-state index contributed by atoms with van der Waals surface area (Å²) in [4.78, 5) is 0. The molecule has 10 rings (SSSR count). The van der Waals surface area contributed by atoms with Gasteiger partial charge in [-0.15, -0.1) is 0 Å². The van der Waals surface area contributed by atoms with E-state index in [2.05, 4.69) is 242 Å². The van der Waals surface area contributed by atoms with Crippen molar-refractivity contribution in [2.75, 3.05) is 5.73 Å². The summed E-state index contributed by atoms with van der Waals surface area (Å²) in [6.45, 7) is 38.9. The van der Waals surface area contributed by atoms with Crippen molar-refractivity contribution in [1.82, 2.24) is 8.80 Å². The molecule has 0 bridgehead atoms. The lowest BCUT2D eigenvalue weighted by molar-refractivity contribution is 0.590. The zero-order chi connectivity index (χ0) is 48.4. The van der Waals surface area contributed by atoms with Crippen LogP contribution in [-0.4, -0.2) is 8.80 Å². The van der Waals surface area contributed by atoms with Crippen LogP contribution in [-0.2, 0) is 27.1 Å². The minimum absolute atomic E-state index is 0.0179. The number of benzene rings is 6. The number of fused-ring (bicyclic) bond motifs is 9. The van der Waals surface area contributed by atoms with Gasteiger partial charge in [0.25, 0.3) is 0 Å². The van der Waals surface area contributed by atoms with Crippen molar-refractivity contribution >= 4 is 119 Å². The number of nitrogens with two attached hydrogens (primary N) is 1. The van der Waals surface area contributed by atoms with Crippen LogP contribution in [0.25, 0.3) is 93.0 Å². The average Bonchev–Trinajstić information content (AvgIpc) is 3.93. The van der Waals surface area contributed by atoms with Gasteiger partial charge < -0.3 is 14.5 Å². The van der Waals surface area contributed by atoms with Crippen LogP contribution in [0.5, 0.6) is 0 Å². The summed E-state index contributed by atoms with van der Waals surface area (Å²) < 4.78 is 6.89. The monoisotopic (exact) mass is 1010 g/mol. The third kappa shape index (κ3) is 7.07. The molecule has 10 aromatic rings. The zero-order valence-electron chi connectivity index (χ0n) is 42.2. The predicted octanol–water partition coefficient (Wildman–Crippen LogP) is 18.9. The number of halogens is 2. The van der Waals surface area contributed by atoms with Crippen LogP contribution in [0, 0.1) is 0 Å². The van der Waals surface area contributed by atoms with Gasteiger partial charge in [-0.05, 0) is 134 Å². The molecule has 2 N–H and O–H groups in total. The highest BCUT2D eigenvalue weighted by Gasteiger charge is 2.29. The van der Waals surface area contributed by atoms with Crippen LogP contribution in [0.15, 0.2) is 96.0 Å². The predicted molar refractivity (Wildman–Crippen MR) is 303 cm³/mol. The molecule has 0 atom stereocenters. The Balaban J connectivity index is 1.24. The molecule has 0 amide bonds. The van der Waals surface area contributed by atoms with Gasteiger partial charge in [-0.1, -0.05) is 161 Å². The van der Waals surface area contributed by atoms with Gasteiger partial charge in [-0.25, -0.2) is 0 Å². The fourth-order valence-corrected chi connectivity index (χ4v) is 11.6. The van der Waals surface area contributed by atoms with E-state index < -0.39 is 0 Å². The Hall–Kier alpha value is -5.10. The molecule has 6 aromatic carbocycles. The summed E-state index contributed by atoms with van der Waals surface area (Å²) in [5.41, 5.74) is 26.0. The SMILES string of the molecule is C=Cc1c(/C=C(\Br)c2cc(C(C)(C)C)cc(-c3cc4c(cc3Br)c3cc(C(C)(C)C)cc5c6cc(C(C)(C)C)ccc6n4c53)c2N)n2c3ccc(C(C)(C)C)cc3c3cc(C(C)(C)C)cc1c32. The fourth-order valence-electron chi connectivity index (χ4n) is 10.5. The van der Waals surface area contributed by atoms with Gasteiger partial charge >= 0.3 is 0 Å². The highest BCUT2D eigenvalue weighted by atomic mass is 79.9. The molecule has 0 aliphatic heterocycles. The smallest absolute Gasteiger partial charge is 0.0620 e. The normalized spacial score (nSPS) is 14.0. The van der Waals surface area contributed by atoms with E-state index in [9.17, 15) is 0 Å². The molecule has 0 radical (unpaired) electrons. The summed E-state index contributed by atoms with van der Waals surface area (Å²) in [5, 5.41) is 8.89. The maximum Gasteiger partial charge on any atom is 0.0620 e. The fraction of sp³-hybridized carbons (Fsp3) is 0.323. The van der Waals surface area contributed by atoms with Crippen molar-refractivity contribution < 1.29 is 0 Å². The Labute approximate surface area is 414 Å². The van der Waals surface area contributed by atoms with Crippen molar-refractivity contribution in [3.63, 3.8) is 0 Å². The van der Waals surface area contributed by atoms with Crippen molar-refractivity contribution in [2.45, 2.75) is 131 Å².